The van der Waals surface area contributed by atoms with Crippen molar-refractivity contribution in [2.24, 2.45) is 5.73 Å². The molecule has 2 aromatic heterocycles. The van der Waals surface area contributed by atoms with Crippen LogP contribution in [-0.2, 0) is 27.2 Å². The number of carbonyl (C=O) groups is 3. The number of H-pyrrole nitrogens is 1. The van der Waals surface area contributed by atoms with E-state index in [0.717, 1.165) is 5.56 Å². The van der Waals surface area contributed by atoms with Crippen LogP contribution in [-0.4, -0.2) is 56.5 Å². The molecule has 0 aromatic carbocycles. The quantitative estimate of drug-likeness (QED) is 0.367. The van der Waals surface area contributed by atoms with E-state index in [1.165, 1.54) is 6.33 Å². The van der Waals surface area contributed by atoms with Crippen LogP contribution in [0, 0.1) is 0 Å². The fraction of sp³-hybridized carbons (Fsp3) is 0.312. The highest BCUT2D eigenvalue weighted by Gasteiger charge is 2.22. The zero-order valence-corrected chi connectivity index (χ0v) is 13.9. The van der Waals surface area contributed by atoms with Gasteiger partial charge in [0.15, 0.2) is 0 Å². The predicted molar refractivity (Wildman–Crippen MR) is 90.8 cm³/mol. The van der Waals surface area contributed by atoms with E-state index in [4.69, 9.17) is 5.73 Å². The first-order chi connectivity index (χ1) is 12.5. The number of hydrogen-bond acceptors (Lipinski definition) is 6. The zero-order valence-electron chi connectivity index (χ0n) is 13.9. The molecule has 138 valence electrons. The van der Waals surface area contributed by atoms with Crippen molar-refractivity contribution in [3.8, 4) is 0 Å². The van der Waals surface area contributed by atoms with Crippen LogP contribution in [0.25, 0.3) is 0 Å². The molecule has 0 aliphatic carbocycles. The average molecular weight is 360 g/mol. The number of nitrogens with one attached hydrogen (secondary N) is 3. The van der Waals surface area contributed by atoms with Gasteiger partial charge >= 0.3 is 5.97 Å². The van der Waals surface area contributed by atoms with Crippen LogP contribution in [0.5, 0.6) is 0 Å². The molecule has 2 heterocycles. The molecule has 2 amide bonds. The van der Waals surface area contributed by atoms with E-state index in [9.17, 15) is 19.5 Å². The molecule has 0 fully saturated rings. The Morgan fingerprint density at radius 2 is 2.12 bits per heavy atom. The first-order valence-corrected chi connectivity index (χ1v) is 7.87. The van der Waals surface area contributed by atoms with Crippen molar-refractivity contribution in [2.75, 3.05) is 6.54 Å². The maximum atomic E-state index is 12.0. The van der Waals surface area contributed by atoms with Crippen molar-refractivity contribution >= 4 is 17.8 Å². The zero-order chi connectivity index (χ0) is 18.9. The Morgan fingerprint density at radius 1 is 1.31 bits per heavy atom. The Morgan fingerprint density at radius 3 is 2.73 bits per heavy atom. The Hall–Kier alpha value is -3.27. The fourth-order valence-corrected chi connectivity index (χ4v) is 2.22. The lowest BCUT2D eigenvalue weighted by Crippen LogP contribution is -2.49. The highest BCUT2D eigenvalue weighted by atomic mass is 16.4. The van der Waals surface area contributed by atoms with Gasteiger partial charge in [-0.25, -0.2) is 9.78 Å². The summed E-state index contributed by atoms with van der Waals surface area (Å²) in [5.74, 6) is -2.33. The number of carboxylic acid groups (broad SMARTS) is 1. The maximum Gasteiger partial charge on any atom is 0.326 e. The van der Waals surface area contributed by atoms with Gasteiger partial charge in [-0.2, -0.15) is 0 Å². The van der Waals surface area contributed by atoms with E-state index in [1.807, 2.05) is 0 Å². The molecule has 2 rings (SSSR count). The Balaban J connectivity index is 1.79. The van der Waals surface area contributed by atoms with E-state index in [-0.39, 0.29) is 19.4 Å². The summed E-state index contributed by atoms with van der Waals surface area (Å²) in [6, 6.07) is 1.54. The first kappa shape index (κ1) is 19.1. The molecule has 0 saturated heterocycles. The third-order valence-electron chi connectivity index (χ3n) is 3.54. The van der Waals surface area contributed by atoms with Crippen LogP contribution in [0.3, 0.4) is 0 Å². The molecule has 26 heavy (non-hydrogen) atoms. The van der Waals surface area contributed by atoms with Gasteiger partial charge in [0.2, 0.25) is 11.8 Å². The highest BCUT2D eigenvalue weighted by molar-refractivity contribution is 5.89. The minimum atomic E-state index is -1.19. The molecule has 6 N–H and O–H groups in total. The number of carboxylic acids is 1. The highest BCUT2D eigenvalue weighted by Crippen LogP contribution is 2.00. The van der Waals surface area contributed by atoms with Crippen molar-refractivity contribution in [1.82, 2.24) is 25.6 Å². The second-order valence-corrected chi connectivity index (χ2v) is 5.61. The number of amides is 2. The van der Waals surface area contributed by atoms with E-state index < -0.39 is 29.9 Å². The number of pyridine rings is 1. The Kier molecular flexibility index (Phi) is 6.80. The lowest BCUT2D eigenvalue weighted by molar-refractivity contribution is -0.141. The maximum absolute atomic E-state index is 12.0. The molecule has 0 spiro atoms. The summed E-state index contributed by atoms with van der Waals surface area (Å²) in [5.41, 5.74) is 7.09. The standard InChI is InChI=1S/C16H20N6O4/c17-12(4-10-2-1-3-18-6-10)15(24)20-8-14(23)22-13(16(25)26)5-11-7-19-9-21-11/h1-3,6-7,9,12-13H,4-5,8,17H2,(H,19,21)(H,20,24)(H,22,23)(H,25,26)/t12-,13-/m0/s1. The summed E-state index contributed by atoms with van der Waals surface area (Å²) in [5, 5.41) is 13.9. The minimum Gasteiger partial charge on any atom is -0.480 e. The van der Waals surface area contributed by atoms with Gasteiger partial charge in [-0.1, -0.05) is 6.07 Å². The summed E-state index contributed by atoms with van der Waals surface area (Å²) in [6.45, 7) is -0.371. The number of rotatable bonds is 9. The summed E-state index contributed by atoms with van der Waals surface area (Å²) in [4.78, 5) is 45.7. The monoisotopic (exact) mass is 360 g/mol. The van der Waals surface area contributed by atoms with Crippen LogP contribution in [0.15, 0.2) is 37.1 Å². The minimum absolute atomic E-state index is 0.0268. The molecule has 0 bridgehead atoms. The van der Waals surface area contributed by atoms with Crippen LogP contribution in [0.1, 0.15) is 11.3 Å². The molecule has 10 heteroatoms. The van der Waals surface area contributed by atoms with Gasteiger partial charge in [-0.05, 0) is 18.1 Å². The molecule has 2 atom stereocenters. The lowest BCUT2D eigenvalue weighted by atomic mass is 10.1. The fourth-order valence-electron chi connectivity index (χ4n) is 2.22. The second-order valence-electron chi connectivity index (χ2n) is 5.61. The van der Waals surface area contributed by atoms with Gasteiger partial charge in [-0.15, -0.1) is 0 Å². The van der Waals surface area contributed by atoms with Crippen molar-refractivity contribution in [2.45, 2.75) is 24.9 Å². The number of carbonyl (C=O) groups excluding carboxylic acids is 2. The predicted octanol–water partition coefficient (Wildman–Crippen LogP) is -1.40. The number of aromatic nitrogens is 3. The number of aromatic amines is 1. The van der Waals surface area contributed by atoms with Gasteiger partial charge in [0.25, 0.3) is 0 Å². The average Bonchev–Trinajstić information content (AvgIpc) is 3.13. The number of imidazole rings is 1. The third-order valence-corrected chi connectivity index (χ3v) is 3.54. The van der Waals surface area contributed by atoms with Crippen LogP contribution in [0.4, 0.5) is 0 Å². The number of nitrogens with two attached hydrogens (primary N) is 1. The lowest BCUT2D eigenvalue weighted by Gasteiger charge is -2.15. The smallest absolute Gasteiger partial charge is 0.326 e. The van der Waals surface area contributed by atoms with Gasteiger partial charge in [-0.3, -0.25) is 14.6 Å². The van der Waals surface area contributed by atoms with Gasteiger partial charge < -0.3 is 26.5 Å². The molecule has 0 saturated carbocycles. The van der Waals surface area contributed by atoms with E-state index in [0.29, 0.717) is 5.69 Å². The topological polar surface area (TPSA) is 163 Å². The Bertz CT molecular complexity index is 734. The van der Waals surface area contributed by atoms with Crippen LogP contribution < -0.4 is 16.4 Å². The summed E-state index contributed by atoms with van der Waals surface area (Å²) < 4.78 is 0. The summed E-state index contributed by atoms with van der Waals surface area (Å²) in [6.07, 6.45) is 6.48. The van der Waals surface area contributed by atoms with Crippen molar-refractivity contribution in [1.29, 1.82) is 0 Å². The van der Waals surface area contributed by atoms with Crippen molar-refractivity contribution < 1.29 is 19.5 Å². The number of aliphatic carboxylic acids is 1. The molecule has 0 unspecified atom stereocenters. The van der Waals surface area contributed by atoms with Crippen LogP contribution >= 0.6 is 0 Å². The van der Waals surface area contributed by atoms with Gasteiger partial charge in [0.05, 0.1) is 24.6 Å². The molecule has 10 nitrogen and oxygen atoms in total. The molecular formula is C16H20N6O4. The van der Waals surface area contributed by atoms with Crippen molar-refractivity contribution in [3.05, 3.63) is 48.3 Å². The normalized spacial score (nSPS) is 12.8. The van der Waals surface area contributed by atoms with Crippen LogP contribution in [0.2, 0.25) is 0 Å². The second kappa shape index (κ2) is 9.28. The molecule has 0 radical (unpaired) electrons. The number of nitrogens with zero attached hydrogens (tertiary/aromatic N) is 2. The Labute approximate surface area is 149 Å². The third kappa shape index (κ3) is 5.98. The SMILES string of the molecule is N[C@@H](Cc1cccnc1)C(=O)NCC(=O)N[C@@H](Cc1c[nH]cn1)C(=O)O. The first-order valence-electron chi connectivity index (χ1n) is 7.87. The van der Waals surface area contributed by atoms with E-state index >= 15 is 0 Å². The summed E-state index contributed by atoms with van der Waals surface area (Å²) >= 11 is 0. The van der Waals surface area contributed by atoms with Crippen molar-refractivity contribution in [3.63, 3.8) is 0 Å². The molecule has 0 aliphatic rings. The van der Waals surface area contributed by atoms with E-state index in [1.54, 1.807) is 30.7 Å². The van der Waals surface area contributed by atoms with Gasteiger partial charge in [0.1, 0.15) is 6.04 Å². The summed E-state index contributed by atoms with van der Waals surface area (Å²) in [7, 11) is 0. The van der Waals surface area contributed by atoms with Gasteiger partial charge in [0, 0.05) is 25.0 Å². The molecular weight excluding hydrogens is 340 g/mol. The molecule has 2 aromatic rings. The largest absolute Gasteiger partial charge is 0.480 e. The van der Waals surface area contributed by atoms with E-state index in [2.05, 4.69) is 25.6 Å². The number of hydrogen-bond donors (Lipinski definition) is 5. The molecule has 0 aliphatic heterocycles.